The Morgan fingerprint density at radius 2 is 1.89 bits per heavy atom. The zero-order chi connectivity index (χ0) is 13.7. The van der Waals surface area contributed by atoms with Gasteiger partial charge >= 0.3 is 0 Å². The van der Waals surface area contributed by atoms with Gasteiger partial charge in [-0.2, -0.15) is 0 Å². The summed E-state index contributed by atoms with van der Waals surface area (Å²) in [4.78, 5) is 9.46. The number of nitrogens with one attached hydrogen (secondary N) is 1. The third kappa shape index (κ3) is 3.60. The molecule has 1 N–H and O–H groups in total. The largest absolute Gasteiger partial charge is 0.373 e. The lowest BCUT2D eigenvalue weighted by molar-refractivity contribution is 0.512. The van der Waals surface area contributed by atoms with Gasteiger partial charge in [0, 0.05) is 11.6 Å². The van der Waals surface area contributed by atoms with E-state index in [1.165, 1.54) is 25.7 Å². The predicted molar refractivity (Wildman–Crippen MR) is 82.1 cm³/mol. The van der Waals surface area contributed by atoms with E-state index in [0.717, 1.165) is 21.3 Å². The van der Waals surface area contributed by atoms with E-state index in [0.29, 0.717) is 12.7 Å². The van der Waals surface area contributed by atoms with Crippen LogP contribution < -0.4 is 16.0 Å². The molecule has 0 atom stereocenters. The maximum Gasteiger partial charge on any atom is 0.130 e. The van der Waals surface area contributed by atoms with Crippen LogP contribution in [0.25, 0.3) is 0 Å². The van der Waals surface area contributed by atoms with Gasteiger partial charge in [-0.15, -0.1) is 0 Å². The molecule has 1 aromatic rings. The van der Waals surface area contributed by atoms with Crippen LogP contribution >= 0.6 is 12.2 Å². The van der Waals surface area contributed by atoms with Crippen molar-refractivity contribution in [2.45, 2.75) is 45.6 Å². The van der Waals surface area contributed by atoms with Crippen LogP contribution in [0.15, 0.2) is 28.2 Å². The molecule has 0 saturated carbocycles. The summed E-state index contributed by atoms with van der Waals surface area (Å²) in [6.07, 6.45) is 4.69. The normalized spacial score (nSPS) is 12.8. The third-order valence-corrected chi connectivity index (χ3v) is 3.68. The van der Waals surface area contributed by atoms with E-state index >= 15 is 0 Å². The van der Waals surface area contributed by atoms with E-state index in [1.807, 2.05) is 18.2 Å². The number of hydrogen-bond acceptors (Lipinski definition) is 3. The highest BCUT2D eigenvalue weighted by atomic mass is 32.1. The number of nitrogens with zero attached hydrogens (tertiary/aromatic N) is 2. The lowest BCUT2D eigenvalue weighted by Crippen LogP contribution is -2.35. The van der Waals surface area contributed by atoms with Crippen LogP contribution in [-0.4, -0.2) is 17.7 Å². The van der Waals surface area contributed by atoms with Gasteiger partial charge in [0.05, 0.1) is 10.7 Å². The van der Waals surface area contributed by atoms with Crippen molar-refractivity contribution in [1.29, 1.82) is 0 Å². The Bertz CT molecular complexity index is 559. The maximum atomic E-state index is 5.51. The first kappa shape index (κ1) is 14.1. The van der Waals surface area contributed by atoms with Gasteiger partial charge in [0.25, 0.3) is 0 Å². The van der Waals surface area contributed by atoms with Crippen LogP contribution in [0.5, 0.6) is 0 Å². The van der Waals surface area contributed by atoms with Crippen LogP contribution in [-0.2, 0) is 0 Å². The molecule has 2 rings (SSSR count). The quantitative estimate of drug-likeness (QED) is 0.808. The minimum Gasteiger partial charge on any atom is -0.373 e. The molecule has 4 heteroatoms. The van der Waals surface area contributed by atoms with Gasteiger partial charge in [-0.3, -0.25) is 9.98 Å². The first-order chi connectivity index (χ1) is 9.24. The molecule has 1 heterocycles. The van der Waals surface area contributed by atoms with E-state index in [-0.39, 0.29) is 0 Å². The molecule has 0 aromatic heterocycles. The summed E-state index contributed by atoms with van der Waals surface area (Å²) >= 11 is 5.51. The van der Waals surface area contributed by atoms with E-state index in [9.17, 15) is 0 Å². The number of benzene rings is 1. The fourth-order valence-electron chi connectivity index (χ4n) is 2.37. The second-order valence-corrected chi connectivity index (χ2v) is 5.32. The van der Waals surface area contributed by atoms with Crippen LogP contribution in [0.4, 0.5) is 0 Å². The highest BCUT2D eigenvalue weighted by Gasteiger charge is 2.10. The third-order valence-electron chi connectivity index (χ3n) is 3.33. The molecule has 19 heavy (non-hydrogen) atoms. The van der Waals surface area contributed by atoms with Gasteiger partial charge < -0.3 is 5.32 Å². The Labute approximate surface area is 119 Å². The maximum absolute atomic E-state index is 5.51. The molecular formula is C15H21N3S. The van der Waals surface area contributed by atoms with Gasteiger partial charge in [-0.25, -0.2) is 0 Å². The number of thiocarbonyl (C=S) groups is 1. The Hall–Kier alpha value is -1.29. The Balaban J connectivity index is 2.09. The summed E-state index contributed by atoms with van der Waals surface area (Å²) in [5.74, 6) is 0. The van der Waals surface area contributed by atoms with Crippen LogP contribution in [0.1, 0.15) is 45.1 Å². The zero-order valence-electron chi connectivity index (χ0n) is 11.6. The number of hydrogen-bond donors (Lipinski definition) is 1. The summed E-state index contributed by atoms with van der Waals surface area (Å²) in [7, 11) is 0. The summed E-state index contributed by atoms with van der Waals surface area (Å²) in [6, 6.07) is 6.56. The van der Waals surface area contributed by atoms with Crippen LogP contribution in [0.2, 0.25) is 0 Å². The van der Waals surface area contributed by atoms with Gasteiger partial charge in [0.2, 0.25) is 0 Å². The van der Waals surface area contributed by atoms with Crippen LogP contribution in [0, 0.1) is 0 Å². The molecule has 0 unspecified atom stereocenters. The van der Waals surface area contributed by atoms with Crippen molar-refractivity contribution in [2.24, 2.45) is 9.98 Å². The highest BCUT2D eigenvalue weighted by molar-refractivity contribution is 7.80. The molecule has 1 aliphatic heterocycles. The SMILES string of the molecule is CCCC(CCC)NC(=S)c1ccc2c(c1)=NCN=2. The van der Waals surface area contributed by atoms with Gasteiger partial charge in [0.1, 0.15) is 11.7 Å². The second kappa shape index (κ2) is 6.75. The second-order valence-electron chi connectivity index (χ2n) is 4.91. The van der Waals surface area contributed by atoms with Crippen molar-refractivity contribution < 1.29 is 0 Å². The molecule has 3 nitrogen and oxygen atoms in total. The van der Waals surface area contributed by atoms with E-state index in [2.05, 4.69) is 29.1 Å². The van der Waals surface area contributed by atoms with Crippen LogP contribution in [0.3, 0.4) is 0 Å². The molecule has 0 saturated heterocycles. The zero-order valence-corrected chi connectivity index (χ0v) is 12.5. The minimum absolute atomic E-state index is 0.484. The molecule has 1 aromatic carbocycles. The van der Waals surface area contributed by atoms with E-state index in [1.54, 1.807) is 0 Å². The predicted octanol–water partition coefficient (Wildman–Crippen LogP) is 2.13. The highest BCUT2D eigenvalue weighted by Crippen LogP contribution is 2.06. The average molecular weight is 275 g/mol. The smallest absolute Gasteiger partial charge is 0.130 e. The molecule has 0 spiro atoms. The summed E-state index contributed by atoms with van der Waals surface area (Å²) in [6.45, 7) is 4.97. The Morgan fingerprint density at radius 3 is 2.58 bits per heavy atom. The lowest BCUT2D eigenvalue weighted by Gasteiger charge is -2.19. The molecular weight excluding hydrogens is 254 g/mol. The molecule has 0 bridgehead atoms. The Morgan fingerprint density at radius 1 is 1.21 bits per heavy atom. The first-order valence-electron chi connectivity index (χ1n) is 7.04. The van der Waals surface area contributed by atoms with Crippen molar-refractivity contribution in [3.63, 3.8) is 0 Å². The van der Waals surface area contributed by atoms with E-state index < -0.39 is 0 Å². The summed E-state index contributed by atoms with van der Waals surface area (Å²) in [5, 5.41) is 5.42. The molecule has 0 radical (unpaired) electrons. The van der Waals surface area contributed by atoms with Crippen molar-refractivity contribution in [3.8, 4) is 0 Å². The molecule has 102 valence electrons. The number of rotatable bonds is 6. The van der Waals surface area contributed by atoms with Crippen molar-refractivity contribution in [2.75, 3.05) is 6.67 Å². The van der Waals surface area contributed by atoms with E-state index in [4.69, 9.17) is 12.2 Å². The Kier molecular flexibility index (Phi) is 5.02. The molecule has 0 fully saturated rings. The van der Waals surface area contributed by atoms with Crippen molar-refractivity contribution in [1.82, 2.24) is 5.32 Å². The first-order valence-corrected chi connectivity index (χ1v) is 7.45. The van der Waals surface area contributed by atoms with Gasteiger partial charge in [-0.05, 0) is 31.0 Å². The summed E-state index contributed by atoms with van der Waals surface area (Å²) < 4.78 is 0. The molecule has 1 aliphatic rings. The lowest BCUT2D eigenvalue weighted by atomic mass is 10.1. The van der Waals surface area contributed by atoms with Gasteiger partial charge in [-0.1, -0.05) is 38.9 Å². The standard InChI is InChI=1S/C15H21N3S/c1-3-5-12(6-4-2)18-15(19)11-7-8-13-14(9-11)17-10-16-13/h7-9,12H,3-6,10H2,1-2H3,(H,18,19). The van der Waals surface area contributed by atoms with Crippen molar-refractivity contribution in [3.05, 3.63) is 34.5 Å². The molecule has 0 amide bonds. The fraction of sp³-hybridized carbons (Fsp3) is 0.533. The van der Waals surface area contributed by atoms with Crippen molar-refractivity contribution >= 4 is 17.2 Å². The average Bonchev–Trinajstić information content (AvgIpc) is 2.86. The summed E-state index contributed by atoms with van der Waals surface area (Å²) in [5.41, 5.74) is 1.05. The fourth-order valence-corrected chi connectivity index (χ4v) is 2.66. The molecule has 0 aliphatic carbocycles. The monoisotopic (exact) mass is 275 g/mol. The minimum atomic E-state index is 0.484. The van der Waals surface area contributed by atoms with Gasteiger partial charge in [0.15, 0.2) is 0 Å². The number of fused-ring (bicyclic) bond motifs is 1. The topological polar surface area (TPSA) is 36.8 Å².